The summed E-state index contributed by atoms with van der Waals surface area (Å²) >= 11 is 0. The van der Waals surface area contributed by atoms with E-state index >= 15 is 0 Å². The molecular weight excluding hydrogens is 152 g/mol. The Hall–Kier alpha value is -1.12. The minimum Gasteiger partial charge on any atom is -0.303 e. The van der Waals surface area contributed by atoms with Crippen LogP contribution in [0, 0.1) is 0 Å². The quantitative estimate of drug-likeness (QED) is 0.475. The van der Waals surface area contributed by atoms with Crippen LogP contribution in [0.25, 0.3) is 0 Å². The molecule has 3 nitrogen and oxygen atoms in total. The molecule has 0 radical (unpaired) electrons. The molecule has 3 heteroatoms. The lowest BCUT2D eigenvalue weighted by Gasteiger charge is -1.99. The second-order valence-electron chi connectivity index (χ2n) is 2.79. The first-order valence-corrected chi connectivity index (χ1v) is 4.34. The van der Waals surface area contributed by atoms with Crippen molar-refractivity contribution < 1.29 is 4.79 Å². The molecule has 0 saturated heterocycles. The maximum atomic E-state index is 9.98. The number of carbonyl (C=O) groups excluding carboxylic acids is 1. The van der Waals surface area contributed by atoms with Gasteiger partial charge in [-0.25, -0.2) is 0 Å². The van der Waals surface area contributed by atoms with E-state index in [0.29, 0.717) is 6.42 Å². The average molecular weight is 166 g/mol. The van der Waals surface area contributed by atoms with Crippen molar-refractivity contribution in [3.05, 3.63) is 18.5 Å². The zero-order valence-electron chi connectivity index (χ0n) is 7.15. The molecule has 1 rings (SSSR count). The van der Waals surface area contributed by atoms with Gasteiger partial charge in [0.2, 0.25) is 0 Å². The van der Waals surface area contributed by atoms with Crippen LogP contribution in [0.1, 0.15) is 25.7 Å². The Morgan fingerprint density at radius 2 is 2.25 bits per heavy atom. The molecule has 0 atom stereocenters. The third-order valence-corrected chi connectivity index (χ3v) is 1.77. The first kappa shape index (κ1) is 8.97. The average Bonchev–Trinajstić information content (AvgIpc) is 2.57. The van der Waals surface area contributed by atoms with Crippen molar-refractivity contribution in [2.24, 2.45) is 0 Å². The summed E-state index contributed by atoms with van der Waals surface area (Å²) in [4.78, 5) is 9.98. The van der Waals surface area contributed by atoms with E-state index < -0.39 is 0 Å². The van der Waals surface area contributed by atoms with Crippen LogP contribution in [0.5, 0.6) is 0 Å². The van der Waals surface area contributed by atoms with Crippen molar-refractivity contribution in [1.82, 2.24) is 9.78 Å². The maximum absolute atomic E-state index is 9.98. The number of aldehydes is 1. The fourth-order valence-electron chi connectivity index (χ4n) is 1.11. The van der Waals surface area contributed by atoms with Gasteiger partial charge in [0.1, 0.15) is 6.29 Å². The van der Waals surface area contributed by atoms with Gasteiger partial charge < -0.3 is 4.79 Å². The predicted molar refractivity (Wildman–Crippen MR) is 46.8 cm³/mol. The molecule has 1 heterocycles. The first-order valence-electron chi connectivity index (χ1n) is 4.34. The molecule has 0 aromatic carbocycles. The molecule has 0 spiro atoms. The monoisotopic (exact) mass is 166 g/mol. The molecule has 0 saturated carbocycles. The van der Waals surface area contributed by atoms with E-state index in [2.05, 4.69) is 5.10 Å². The van der Waals surface area contributed by atoms with Crippen molar-refractivity contribution in [2.75, 3.05) is 0 Å². The van der Waals surface area contributed by atoms with E-state index in [1.54, 1.807) is 6.20 Å². The van der Waals surface area contributed by atoms with E-state index in [1.165, 1.54) is 0 Å². The summed E-state index contributed by atoms with van der Waals surface area (Å²) < 4.78 is 1.92. The minimum absolute atomic E-state index is 0.694. The topological polar surface area (TPSA) is 34.9 Å². The number of nitrogens with zero attached hydrogens (tertiary/aromatic N) is 2. The second-order valence-corrected chi connectivity index (χ2v) is 2.79. The molecule has 0 aliphatic rings. The molecule has 0 amide bonds. The second kappa shape index (κ2) is 5.52. The molecule has 0 N–H and O–H groups in total. The van der Waals surface area contributed by atoms with Crippen LogP contribution in [0.15, 0.2) is 18.5 Å². The lowest BCUT2D eigenvalue weighted by molar-refractivity contribution is -0.107. The van der Waals surface area contributed by atoms with Gasteiger partial charge in [-0.3, -0.25) is 4.68 Å². The van der Waals surface area contributed by atoms with Crippen LogP contribution in [0.4, 0.5) is 0 Å². The van der Waals surface area contributed by atoms with Crippen molar-refractivity contribution in [2.45, 2.75) is 32.2 Å². The minimum atomic E-state index is 0.694. The lowest BCUT2D eigenvalue weighted by Crippen LogP contribution is -1.97. The van der Waals surface area contributed by atoms with Crippen LogP contribution < -0.4 is 0 Å². The predicted octanol–water partition coefficient (Wildman–Crippen LogP) is 1.64. The molecule has 1 aromatic heterocycles. The number of aromatic nitrogens is 2. The third kappa shape index (κ3) is 3.32. The number of unbranched alkanes of at least 4 members (excludes halogenated alkanes) is 3. The number of aryl methyl sites for hydroxylation is 1. The summed E-state index contributed by atoms with van der Waals surface area (Å²) in [6.45, 7) is 0.964. The number of hydrogen-bond donors (Lipinski definition) is 0. The van der Waals surface area contributed by atoms with Gasteiger partial charge in [-0.05, 0) is 18.9 Å². The molecule has 0 aliphatic heterocycles. The van der Waals surface area contributed by atoms with Gasteiger partial charge in [0.25, 0.3) is 0 Å². The fraction of sp³-hybridized carbons (Fsp3) is 0.556. The Kier molecular flexibility index (Phi) is 4.13. The van der Waals surface area contributed by atoms with Crippen LogP contribution in [-0.2, 0) is 11.3 Å². The van der Waals surface area contributed by atoms with Crippen molar-refractivity contribution in [1.29, 1.82) is 0 Å². The highest BCUT2D eigenvalue weighted by Crippen LogP contribution is 1.99. The van der Waals surface area contributed by atoms with Gasteiger partial charge in [-0.1, -0.05) is 6.42 Å². The van der Waals surface area contributed by atoms with Crippen molar-refractivity contribution in [3.63, 3.8) is 0 Å². The zero-order valence-corrected chi connectivity index (χ0v) is 7.15. The zero-order chi connectivity index (χ0) is 8.65. The molecular formula is C9H14N2O. The lowest BCUT2D eigenvalue weighted by atomic mass is 10.2. The Bertz CT molecular complexity index is 206. The Labute approximate surface area is 72.4 Å². The standard InChI is InChI=1S/C9H14N2O/c12-9-4-2-1-3-7-11-8-5-6-10-11/h5-6,8-9H,1-4,7H2. The summed E-state index contributed by atoms with van der Waals surface area (Å²) in [6, 6.07) is 1.92. The Balaban J connectivity index is 2.00. The van der Waals surface area contributed by atoms with E-state index in [-0.39, 0.29) is 0 Å². The van der Waals surface area contributed by atoms with E-state index in [1.807, 2.05) is 16.9 Å². The van der Waals surface area contributed by atoms with E-state index in [4.69, 9.17) is 0 Å². The molecule has 0 unspecified atom stereocenters. The molecule has 12 heavy (non-hydrogen) atoms. The van der Waals surface area contributed by atoms with Crippen molar-refractivity contribution in [3.8, 4) is 0 Å². The molecule has 66 valence electrons. The number of carbonyl (C=O) groups is 1. The SMILES string of the molecule is O=CCCCCCn1cccn1. The van der Waals surface area contributed by atoms with Gasteiger partial charge >= 0.3 is 0 Å². The van der Waals surface area contributed by atoms with Gasteiger partial charge in [0.15, 0.2) is 0 Å². The van der Waals surface area contributed by atoms with Gasteiger partial charge in [-0.15, -0.1) is 0 Å². The van der Waals surface area contributed by atoms with E-state index in [0.717, 1.165) is 32.1 Å². The maximum Gasteiger partial charge on any atom is 0.119 e. The number of rotatable bonds is 6. The highest BCUT2D eigenvalue weighted by Gasteiger charge is 1.90. The summed E-state index contributed by atoms with van der Waals surface area (Å²) in [5.74, 6) is 0. The fourth-order valence-corrected chi connectivity index (χ4v) is 1.11. The largest absolute Gasteiger partial charge is 0.303 e. The Morgan fingerprint density at radius 1 is 1.33 bits per heavy atom. The van der Waals surface area contributed by atoms with Gasteiger partial charge in [0, 0.05) is 25.4 Å². The molecule has 0 bridgehead atoms. The number of hydrogen-bond acceptors (Lipinski definition) is 2. The highest BCUT2D eigenvalue weighted by atomic mass is 16.1. The normalized spacial score (nSPS) is 10.0. The van der Waals surface area contributed by atoms with Gasteiger partial charge in [-0.2, -0.15) is 5.10 Å². The Morgan fingerprint density at radius 3 is 2.92 bits per heavy atom. The van der Waals surface area contributed by atoms with Crippen LogP contribution in [0.2, 0.25) is 0 Å². The first-order chi connectivity index (χ1) is 5.93. The third-order valence-electron chi connectivity index (χ3n) is 1.77. The van der Waals surface area contributed by atoms with Crippen LogP contribution in [0.3, 0.4) is 0 Å². The highest BCUT2D eigenvalue weighted by molar-refractivity contribution is 5.48. The molecule has 1 aromatic rings. The van der Waals surface area contributed by atoms with Crippen molar-refractivity contribution >= 4 is 6.29 Å². The van der Waals surface area contributed by atoms with Crippen LogP contribution in [-0.4, -0.2) is 16.1 Å². The smallest absolute Gasteiger partial charge is 0.119 e. The van der Waals surface area contributed by atoms with Crippen LogP contribution >= 0.6 is 0 Å². The molecule has 0 aliphatic carbocycles. The summed E-state index contributed by atoms with van der Waals surface area (Å²) in [5.41, 5.74) is 0. The van der Waals surface area contributed by atoms with Gasteiger partial charge in [0.05, 0.1) is 0 Å². The summed E-state index contributed by atoms with van der Waals surface area (Å²) in [7, 11) is 0. The molecule has 0 fully saturated rings. The van der Waals surface area contributed by atoms with E-state index in [9.17, 15) is 4.79 Å². The summed E-state index contributed by atoms with van der Waals surface area (Å²) in [5, 5.41) is 4.08. The summed E-state index contributed by atoms with van der Waals surface area (Å²) in [6.07, 6.45) is 8.64.